The van der Waals surface area contributed by atoms with Gasteiger partial charge in [0.15, 0.2) is 0 Å². The van der Waals surface area contributed by atoms with E-state index < -0.39 is 6.17 Å². The number of hydrogen-bond donors (Lipinski definition) is 1. The van der Waals surface area contributed by atoms with E-state index in [1.54, 1.807) is 13.1 Å². The minimum absolute atomic E-state index is 0.265. The van der Waals surface area contributed by atoms with Crippen LogP contribution in [0.3, 0.4) is 0 Å². The molecule has 0 aliphatic carbocycles. The Morgan fingerprint density at radius 2 is 1.95 bits per heavy atom. The number of nitrogens with one attached hydrogen (secondary N) is 1. The largest absolute Gasteiger partial charge is 0.461 e. The maximum Gasteiger partial charge on any atom is 0.319 e. The molecule has 10 heteroatoms. The molecule has 1 N–H and O–H groups in total. The summed E-state index contributed by atoms with van der Waals surface area (Å²) in [6.45, 7) is 5.06. The smallest absolute Gasteiger partial charge is 0.319 e. The van der Waals surface area contributed by atoms with E-state index in [2.05, 4.69) is 32.1 Å². The maximum atomic E-state index is 14.9. The first-order chi connectivity index (χ1) is 19.4. The lowest BCUT2D eigenvalue weighted by atomic mass is 9.95. The summed E-state index contributed by atoms with van der Waals surface area (Å²) in [6, 6.07) is 5.49. The number of benzene rings is 2. The molecule has 2 aromatic heterocycles. The highest BCUT2D eigenvalue weighted by atomic mass is 35.5. The first-order valence-corrected chi connectivity index (χ1v) is 14.4. The third-order valence-electron chi connectivity index (χ3n) is 8.78. The number of ether oxygens (including phenoxy) is 1. The molecule has 0 amide bonds. The lowest BCUT2D eigenvalue weighted by Crippen LogP contribution is -2.43. The second-order valence-electron chi connectivity index (χ2n) is 11.3. The Balaban J connectivity index is 1.35. The van der Waals surface area contributed by atoms with Crippen LogP contribution >= 0.6 is 11.6 Å². The lowest BCUT2D eigenvalue weighted by molar-refractivity contribution is 0.107. The molecular formula is C30H31ClF2N6O. The molecule has 0 bridgehead atoms. The fourth-order valence-electron chi connectivity index (χ4n) is 6.79. The van der Waals surface area contributed by atoms with Gasteiger partial charge in [-0.05, 0) is 62.9 Å². The van der Waals surface area contributed by atoms with Crippen molar-refractivity contribution in [3.63, 3.8) is 0 Å². The average Bonchev–Trinajstić information content (AvgIpc) is 3.55. The Morgan fingerprint density at radius 3 is 2.77 bits per heavy atom. The van der Waals surface area contributed by atoms with E-state index in [4.69, 9.17) is 26.3 Å². The molecule has 2 unspecified atom stereocenters. The van der Waals surface area contributed by atoms with E-state index in [0.29, 0.717) is 52.3 Å². The van der Waals surface area contributed by atoms with Crippen LogP contribution in [0.15, 0.2) is 36.5 Å². The summed E-state index contributed by atoms with van der Waals surface area (Å²) < 4.78 is 35.6. The Labute approximate surface area is 236 Å². The minimum Gasteiger partial charge on any atom is -0.461 e. The molecule has 5 heterocycles. The van der Waals surface area contributed by atoms with Crippen LogP contribution < -0.4 is 9.64 Å². The van der Waals surface area contributed by atoms with E-state index in [-0.39, 0.29) is 17.4 Å². The fraction of sp³-hybridized carbons (Fsp3) is 0.433. The van der Waals surface area contributed by atoms with E-state index in [0.717, 1.165) is 61.9 Å². The topological polar surface area (TPSA) is 70.2 Å². The van der Waals surface area contributed by atoms with Gasteiger partial charge < -0.3 is 9.64 Å². The molecule has 2 saturated heterocycles. The van der Waals surface area contributed by atoms with Crippen LogP contribution in [0.4, 0.5) is 14.6 Å². The Kier molecular flexibility index (Phi) is 6.39. The molecular weight excluding hydrogens is 534 g/mol. The molecule has 4 aromatic rings. The Hall–Kier alpha value is -3.30. The number of rotatable bonds is 5. The van der Waals surface area contributed by atoms with Gasteiger partial charge in [-0.15, -0.1) is 0 Å². The Bertz CT molecular complexity index is 1630. The monoisotopic (exact) mass is 564 g/mol. The summed E-state index contributed by atoms with van der Waals surface area (Å²) in [5.41, 5.74) is 2.79. The fourth-order valence-corrected chi connectivity index (χ4v) is 7.04. The van der Waals surface area contributed by atoms with Gasteiger partial charge in [0.25, 0.3) is 0 Å². The zero-order valence-electron chi connectivity index (χ0n) is 22.4. The summed E-state index contributed by atoms with van der Waals surface area (Å²) in [5.74, 6) is 0.424. The molecule has 0 spiro atoms. The van der Waals surface area contributed by atoms with Crippen molar-refractivity contribution in [3.8, 4) is 17.1 Å². The van der Waals surface area contributed by atoms with Crippen LogP contribution in [0.2, 0.25) is 5.02 Å². The van der Waals surface area contributed by atoms with Gasteiger partial charge in [0.05, 0.1) is 22.8 Å². The van der Waals surface area contributed by atoms with Gasteiger partial charge in [0, 0.05) is 53.0 Å². The van der Waals surface area contributed by atoms with Crippen molar-refractivity contribution in [2.45, 2.75) is 50.7 Å². The van der Waals surface area contributed by atoms with Crippen molar-refractivity contribution in [1.82, 2.24) is 25.1 Å². The van der Waals surface area contributed by atoms with Crippen LogP contribution in [-0.4, -0.2) is 69.6 Å². The predicted molar refractivity (Wildman–Crippen MR) is 153 cm³/mol. The third-order valence-corrected chi connectivity index (χ3v) is 9.10. The summed E-state index contributed by atoms with van der Waals surface area (Å²) in [5, 5.41) is 9.07. The van der Waals surface area contributed by atoms with Gasteiger partial charge >= 0.3 is 6.01 Å². The van der Waals surface area contributed by atoms with E-state index in [1.807, 2.05) is 12.1 Å². The van der Waals surface area contributed by atoms with Gasteiger partial charge in [-0.3, -0.25) is 10.00 Å². The molecule has 2 fully saturated rings. The van der Waals surface area contributed by atoms with Crippen molar-refractivity contribution in [2.24, 2.45) is 0 Å². The van der Waals surface area contributed by atoms with Gasteiger partial charge in [0.2, 0.25) is 0 Å². The molecule has 2 atom stereocenters. The van der Waals surface area contributed by atoms with Crippen molar-refractivity contribution < 1.29 is 13.5 Å². The van der Waals surface area contributed by atoms with E-state index in [1.165, 1.54) is 6.07 Å². The number of anilines is 1. The molecule has 7 rings (SSSR count). The summed E-state index contributed by atoms with van der Waals surface area (Å²) >= 11 is 6.92. The van der Waals surface area contributed by atoms with Crippen LogP contribution in [-0.2, 0) is 0 Å². The molecule has 3 aliphatic heterocycles. The van der Waals surface area contributed by atoms with Gasteiger partial charge in [0.1, 0.15) is 24.4 Å². The molecule has 2 aromatic carbocycles. The molecule has 40 heavy (non-hydrogen) atoms. The number of hydrogen-bond acceptors (Lipinski definition) is 6. The first kappa shape index (κ1) is 25.7. The zero-order chi connectivity index (χ0) is 27.4. The molecule has 3 aliphatic rings. The van der Waals surface area contributed by atoms with E-state index in [9.17, 15) is 8.78 Å². The number of aromatic nitrogens is 4. The SMILES string of the molecule is Cc1c(F)cc2[nH]ncc2c1-c1cc2nc(OCC34CCCN3CC(F)C4)nc(N3CCC=CCC3)c2cc1Cl. The summed E-state index contributed by atoms with van der Waals surface area (Å²) in [6.07, 6.45) is 9.48. The number of alkyl halides is 1. The van der Waals surface area contributed by atoms with Crippen LogP contribution in [0.5, 0.6) is 6.01 Å². The number of fused-ring (bicyclic) bond motifs is 3. The average molecular weight is 565 g/mol. The third kappa shape index (κ3) is 4.30. The number of nitrogens with zero attached hydrogens (tertiary/aromatic N) is 5. The van der Waals surface area contributed by atoms with Crippen molar-refractivity contribution in [2.75, 3.05) is 37.7 Å². The Morgan fingerprint density at radius 1 is 1.12 bits per heavy atom. The molecule has 7 nitrogen and oxygen atoms in total. The van der Waals surface area contributed by atoms with E-state index >= 15 is 0 Å². The highest BCUT2D eigenvalue weighted by Gasteiger charge is 2.49. The second kappa shape index (κ2) is 9.96. The molecule has 0 radical (unpaired) electrons. The quantitative estimate of drug-likeness (QED) is 0.283. The van der Waals surface area contributed by atoms with Crippen molar-refractivity contribution in [3.05, 3.63) is 53.0 Å². The highest BCUT2D eigenvalue weighted by Crippen LogP contribution is 2.42. The maximum absolute atomic E-state index is 14.9. The summed E-state index contributed by atoms with van der Waals surface area (Å²) in [7, 11) is 0. The van der Waals surface area contributed by atoms with Gasteiger partial charge in [-0.2, -0.15) is 15.1 Å². The number of halogens is 3. The molecule has 208 valence electrons. The van der Waals surface area contributed by atoms with Gasteiger partial charge in [-0.1, -0.05) is 23.8 Å². The first-order valence-electron chi connectivity index (χ1n) is 14.0. The predicted octanol–water partition coefficient (Wildman–Crippen LogP) is 6.39. The van der Waals surface area contributed by atoms with Crippen LogP contribution in [0.1, 0.15) is 37.7 Å². The lowest BCUT2D eigenvalue weighted by Gasteiger charge is -2.31. The molecule has 0 saturated carbocycles. The normalized spacial score (nSPS) is 23.3. The summed E-state index contributed by atoms with van der Waals surface area (Å²) in [4.78, 5) is 14.2. The minimum atomic E-state index is -0.833. The van der Waals surface area contributed by atoms with Crippen LogP contribution in [0, 0.1) is 12.7 Å². The van der Waals surface area contributed by atoms with Crippen molar-refractivity contribution in [1.29, 1.82) is 0 Å². The van der Waals surface area contributed by atoms with Crippen LogP contribution in [0.25, 0.3) is 32.9 Å². The number of H-pyrrole nitrogens is 1. The second-order valence-corrected chi connectivity index (χ2v) is 11.7. The van der Waals surface area contributed by atoms with Gasteiger partial charge in [-0.25, -0.2) is 8.78 Å². The number of aromatic amines is 1. The standard InChI is InChI=1S/C30H31ClF2N6O/c1-18-24(33)13-26-22(15-34-37-26)27(18)20-12-25-21(11-23(20)31)28(38-8-4-2-3-5-9-38)36-29(35-25)40-17-30-7-6-10-39(30)16-19(32)14-30/h2-3,11-13,15,19H,4-10,14,16-17H2,1H3,(H,34,37). The van der Waals surface area contributed by atoms with Crippen molar-refractivity contribution >= 4 is 39.2 Å². The zero-order valence-corrected chi connectivity index (χ0v) is 23.1. The highest BCUT2D eigenvalue weighted by molar-refractivity contribution is 6.35.